The van der Waals surface area contributed by atoms with E-state index in [0.29, 0.717) is 0 Å². The molecule has 0 saturated carbocycles. The van der Waals surface area contributed by atoms with Crippen LogP contribution in [0, 0.1) is 6.92 Å². The number of hydrogen-bond donors (Lipinski definition) is 0. The number of rotatable bonds is 9. The maximum Gasteiger partial charge on any atom is -0.0351 e. The van der Waals surface area contributed by atoms with Gasteiger partial charge in [-0.3, -0.25) is 0 Å². The molecule has 0 heterocycles. The Kier molecular flexibility index (Phi) is 12.0. The van der Waals surface area contributed by atoms with E-state index >= 15 is 0 Å². The van der Waals surface area contributed by atoms with Crippen molar-refractivity contribution in [2.45, 2.75) is 58.3 Å². The lowest BCUT2D eigenvalue weighted by Crippen LogP contribution is -1.74. The Morgan fingerprint density at radius 2 is 1.29 bits per heavy atom. The highest BCUT2D eigenvalue weighted by molar-refractivity contribution is 4.82. The smallest absolute Gasteiger partial charge is 0.0351 e. The average molecular weight is 193 g/mol. The van der Waals surface area contributed by atoms with Gasteiger partial charge in [0.1, 0.15) is 0 Å². The zero-order chi connectivity index (χ0) is 10.5. The minimum Gasteiger partial charge on any atom is -0.0917 e. The first-order valence-corrected chi connectivity index (χ1v) is 5.97. The monoisotopic (exact) mass is 193 g/mol. The first kappa shape index (κ1) is 13.5. The van der Waals surface area contributed by atoms with Crippen molar-refractivity contribution < 1.29 is 0 Å². The fraction of sp³-hybridized carbons (Fsp3) is 0.643. The van der Waals surface area contributed by atoms with Crippen LogP contribution in [-0.4, -0.2) is 0 Å². The fourth-order valence-electron chi connectivity index (χ4n) is 1.37. The third-order valence-corrected chi connectivity index (χ3v) is 2.26. The molecule has 0 fully saturated rings. The second-order valence-electron chi connectivity index (χ2n) is 3.67. The molecule has 0 rings (SSSR count). The van der Waals surface area contributed by atoms with Crippen LogP contribution < -0.4 is 0 Å². The molecule has 0 bridgehead atoms. The molecule has 0 heteroatoms. The van der Waals surface area contributed by atoms with Gasteiger partial charge in [-0.1, -0.05) is 44.1 Å². The quantitative estimate of drug-likeness (QED) is 0.354. The Balaban J connectivity index is 3.03. The zero-order valence-corrected chi connectivity index (χ0v) is 9.67. The molecule has 81 valence electrons. The molecule has 1 radical (unpaired) electrons. The van der Waals surface area contributed by atoms with Gasteiger partial charge in [-0.25, -0.2) is 0 Å². The summed E-state index contributed by atoms with van der Waals surface area (Å²) in [5.41, 5.74) is 0. The maximum atomic E-state index is 3.83. The summed E-state index contributed by atoms with van der Waals surface area (Å²) < 4.78 is 0. The van der Waals surface area contributed by atoms with E-state index in [1.807, 2.05) is 0 Å². The van der Waals surface area contributed by atoms with Crippen LogP contribution in [0.5, 0.6) is 0 Å². The molecule has 0 nitrogen and oxygen atoms in total. The molecule has 0 spiro atoms. The van der Waals surface area contributed by atoms with Crippen LogP contribution in [0.15, 0.2) is 24.3 Å². The Morgan fingerprint density at radius 1 is 0.786 bits per heavy atom. The lowest BCUT2D eigenvalue weighted by molar-refractivity contribution is 0.744. The van der Waals surface area contributed by atoms with Gasteiger partial charge in [-0.15, -0.1) is 0 Å². The molecule has 0 unspecified atom stereocenters. The van der Waals surface area contributed by atoms with E-state index in [1.165, 1.54) is 44.9 Å². The Morgan fingerprint density at radius 3 is 1.79 bits per heavy atom. The van der Waals surface area contributed by atoms with E-state index in [2.05, 4.69) is 38.2 Å². The number of hydrogen-bond acceptors (Lipinski definition) is 0. The lowest BCUT2D eigenvalue weighted by Gasteiger charge is -1.93. The lowest BCUT2D eigenvalue weighted by atomic mass is 10.1. The van der Waals surface area contributed by atoms with E-state index in [4.69, 9.17) is 0 Å². The summed E-state index contributed by atoms with van der Waals surface area (Å²) in [5, 5.41) is 0. The molecule has 0 aromatic rings. The molecule has 0 atom stereocenters. The molecule has 14 heavy (non-hydrogen) atoms. The highest BCUT2D eigenvalue weighted by Gasteiger charge is 1.84. The second kappa shape index (κ2) is 12.5. The highest BCUT2D eigenvalue weighted by Crippen LogP contribution is 2.04. The van der Waals surface area contributed by atoms with E-state index in [-0.39, 0.29) is 0 Å². The molecule has 0 aliphatic heterocycles. The number of allylic oxidation sites excluding steroid dienone is 4. The fourth-order valence-corrected chi connectivity index (χ4v) is 1.37. The summed E-state index contributed by atoms with van der Waals surface area (Å²) in [5.74, 6) is 0. The molecular formula is C14H25. The first-order chi connectivity index (χ1) is 6.91. The Bertz CT molecular complexity index is 142. The third kappa shape index (κ3) is 11.5. The Hall–Kier alpha value is -0.520. The topological polar surface area (TPSA) is 0 Å². The van der Waals surface area contributed by atoms with Crippen molar-refractivity contribution in [2.75, 3.05) is 0 Å². The normalized spacial score (nSPS) is 11.9. The van der Waals surface area contributed by atoms with Gasteiger partial charge in [0.2, 0.25) is 0 Å². The van der Waals surface area contributed by atoms with E-state index < -0.39 is 0 Å². The van der Waals surface area contributed by atoms with Crippen molar-refractivity contribution in [1.29, 1.82) is 0 Å². The van der Waals surface area contributed by atoms with Crippen LogP contribution in [0.25, 0.3) is 0 Å². The average Bonchev–Trinajstić information content (AvgIpc) is 2.21. The van der Waals surface area contributed by atoms with Crippen LogP contribution in [0.2, 0.25) is 0 Å². The number of unbranched alkanes of at least 4 members (excludes halogenated alkanes) is 6. The minimum atomic E-state index is 1.08. The van der Waals surface area contributed by atoms with E-state index in [9.17, 15) is 0 Å². The van der Waals surface area contributed by atoms with Crippen molar-refractivity contribution in [3.05, 3.63) is 31.2 Å². The summed E-state index contributed by atoms with van der Waals surface area (Å²) in [6.07, 6.45) is 19.1. The van der Waals surface area contributed by atoms with Gasteiger partial charge in [0.05, 0.1) is 0 Å². The van der Waals surface area contributed by atoms with Crippen molar-refractivity contribution >= 4 is 0 Å². The van der Waals surface area contributed by atoms with Gasteiger partial charge in [0, 0.05) is 0 Å². The van der Waals surface area contributed by atoms with Crippen molar-refractivity contribution in [1.82, 2.24) is 0 Å². The standard InChI is InChI=1S/C14H25/c1-3-5-7-9-11-13-14-12-10-8-6-4-2/h4,6,11,13H,1,3,5,7-10,12,14H2,2H3. The Labute approximate surface area is 90.1 Å². The van der Waals surface area contributed by atoms with Gasteiger partial charge in [0.15, 0.2) is 0 Å². The van der Waals surface area contributed by atoms with Gasteiger partial charge in [0.25, 0.3) is 0 Å². The molecule has 0 aromatic heterocycles. The van der Waals surface area contributed by atoms with Gasteiger partial charge < -0.3 is 0 Å². The summed E-state index contributed by atoms with van der Waals surface area (Å²) in [6, 6.07) is 0. The predicted molar refractivity (Wildman–Crippen MR) is 66.2 cm³/mol. The van der Waals surface area contributed by atoms with Gasteiger partial charge in [-0.2, -0.15) is 0 Å². The third-order valence-electron chi connectivity index (χ3n) is 2.26. The van der Waals surface area contributed by atoms with E-state index in [0.717, 1.165) is 6.42 Å². The van der Waals surface area contributed by atoms with Crippen molar-refractivity contribution in [3.8, 4) is 0 Å². The zero-order valence-electron chi connectivity index (χ0n) is 9.67. The highest BCUT2D eigenvalue weighted by atomic mass is 13.9. The molecule has 0 aromatic carbocycles. The molecular weight excluding hydrogens is 168 g/mol. The van der Waals surface area contributed by atoms with E-state index in [1.54, 1.807) is 0 Å². The predicted octanol–water partition coefficient (Wildman–Crippen LogP) is 5.07. The largest absolute Gasteiger partial charge is 0.0917 e. The maximum absolute atomic E-state index is 3.83. The van der Waals surface area contributed by atoms with Gasteiger partial charge >= 0.3 is 0 Å². The van der Waals surface area contributed by atoms with Crippen molar-refractivity contribution in [3.63, 3.8) is 0 Å². The van der Waals surface area contributed by atoms with Crippen LogP contribution in [-0.2, 0) is 0 Å². The summed E-state index contributed by atoms with van der Waals surface area (Å²) in [6.45, 7) is 5.92. The van der Waals surface area contributed by atoms with Crippen LogP contribution in [0.4, 0.5) is 0 Å². The van der Waals surface area contributed by atoms with Crippen LogP contribution in [0.1, 0.15) is 58.3 Å². The van der Waals surface area contributed by atoms with Crippen LogP contribution in [0.3, 0.4) is 0 Å². The first-order valence-electron chi connectivity index (χ1n) is 5.97. The second-order valence-corrected chi connectivity index (χ2v) is 3.67. The molecule has 0 amide bonds. The summed E-state index contributed by atoms with van der Waals surface area (Å²) in [4.78, 5) is 0. The van der Waals surface area contributed by atoms with Gasteiger partial charge in [-0.05, 0) is 45.4 Å². The molecule has 0 aliphatic carbocycles. The minimum absolute atomic E-state index is 1.08. The van der Waals surface area contributed by atoms with Crippen LogP contribution >= 0.6 is 0 Å². The summed E-state index contributed by atoms with van der Waals surface area (Å²) in [7, 11) is 0. The summed E-state index contributed by atoms with van der Waals surface area (Å²) >= 11 is 0. The molecule has 0 aliphatic rings. The van der Waals surface area contributed by atoms with Crippen molar-refractivity contribution in [2.24, 2.45) is 0 Å². The molecule has 0 saturated heterocycles. The molecule has 0 N–H and O–H groups in total. The SMILES string of the molecule is [CH2]CCCCC=CCCCCC=CC.